The summed E-state index contributed by atoms with van der Waals surface area (Å²) in [6, 6.07) is 15.3. The molecular weight excluding hydrogens is 358 g/mol. The largest absolute Gasteiger partial charge is 0.326 e. The van der Waals surface area contributed by atoms with Crippen LogP contribution < -0.4 is 5.32 Å². The standard InChI is InChI=1S/C14H11Br2NO/c15-11-5-3-6-12(9-11)17-14(18)8-10-4-1-2-7-13(10)16/h1-7,9H,8H2,(H,17,18). The number of amides is 1. The molecule has 4 heteroatoms. The van der Waals surface area contributed by atoms with E-state index in [1.807, 2.05) is 48.5 Å². The second kappa shape index (κ2) is 6.16. The van der Waals surface area contributed by atoms with E-state index in [0.717, 1.165) is 20.2 Å². The zero-order valence-corrected chi connectivity index (χ0v) is 12.7. The van der Waals surface area contributed by atoms with Crippen molar-refractivity contribution in [1.29, 1.82) is 0 Å². The molecule has 0 aromatic heterocycles. The van der Waals surface area contributed by atoms with Crippen molar-refractivity contribution in [1.82, 2.24) is 0 Å². The van der Waals surface area contributed by atoms with E-state index in [-0.39, 0.29) is 5.91 Å². The average molecular weight is 369 g/mol. The fourth-order valence-corrected chi connectivity index (χ4v) is 2.41. The van der Waals surface area contributed by atoms with Gasteiger partial charge in [-0.15, -0.1) is 0 Å². The normalized spacial score (nSPS) is 10.1. The first kappa shape index (κ1) is 13.3. The molecule has 0 aliphatic carbocycles. The van der Waals surface area contributed by atoms with Crippen molar-refractivity contribution in [2.45, 2.75) is 6.42 Å². The van der Waals surface area contributed by atoms with Gasteiger partial charge >= 0.3 is 0 Å². The Balaban J connectivity index is 2.03. The molecule has 0 atom stereocenters. The highest BCUT2D eigenvalue weighted by Gasteiger charge is 2.06. The maximum Gasteiger partial charge on any atom is 0.228 e. The monoisotopic (exact) mass is 367 g/mol. The van der Waals surface area contributed by atoms with Gasteiger partial charge in [-0.1, -0.05) is 56.1 Å². The Morgan fingerprint density at radius 3 is 2.56 bits per heavy atom. The molecule has 1 amide bonds. The molecule has 2 aromatic carbocycles. The number of carbonyl (C=O) groups is 1. The molecule has 1 N–H and O–H groups in total. The first-order valence-corrected chi connectivity index (χ1v) is 7.02. The Morgan fingerprint density at radius 2 is 1.83 bits per heavy atom. The lowest BCUT2D eigenvalue weighted by atomic mass is 10.1. The topological polar surface area (TPSA) is 29.1 Å². The van der Waals surface area contributed by atoms with Gasteiger partial charge in [0, 0.05) is 14.6 Å². The van der Waals surface area contributed by atoms with Crippen molar-refractivity contribution in [3.63, 3.8) is 0 Å². The lowest BCUT2D eigenvalue weighted by Crippen LogP contribution is -2.14. The Kier molecular flexibility index (Phi) is 4.55. The number of hydrogen-bond donors (Lipinski definition) is 1. The highest BCUT2D eigenvalue weighted by molar-refractivity contribution is 9.10. The van der Waals surface area contributed by atoms with E-state index in [2.05, 4.69) is 37.2 Å². The summed E-state index contributed by atoms with van der Waals surface area (Å²) >= 11 is 6.81. The molecule has 0 fully saturated rings. The van der Waals surface area contributed by atoms with Gasteiger partial charge in [0.05, 0.1) is 6.42 Å². The van der Waals surface area contributed by atoms with Crippen LogP contribution in [0.1, 0.15) is 5.56 Å². The maximum atomic E-state index is 11.9. The third-order valence-electron chi connectivity index (χ3n) is 2.42. The second-order valence-electron chi connectivity index (χ2n) is 3.83. The first-order valence-electron chi connectivity index (χ1n) is 5.44. The van der Waals surface area contributed by atoms with Crippen LogP contribution in [0.5, 0.6) is 0 Å². The predicted octanol–water partition coefficient (Wildman–Crippen LogP) is 4.39. The fourth-order valence-electron chi connectivity index (χ4n) is 1.59. The molecule has 0 aliphatic rings. The van der Waals surface area contributed by atoms with Gasteiger partial charge in [-0.25, -0.2) is 0 Å². The van der Waals surface area contributed by atoms with Gasteiger partial charge in [0.2, 0.25) is 5.91 Å². The van der Waals surface area contributed by atoms with Gasteiger partial charge in [-0.3, -0.25) is 4.79 Å². The third-order valence-corrected chi connectivity index (χ3v) is 3.68. The number of anilines is 1. The SMILES string of the molecule is O=C(Cc1ccccc1Br)Nc1cccc(Br)c1. The van der Waals surface area contributed by atoms with Crippen LogP contribution in [0.25, 0.3) is 0 Å². The van der Waals surface area contributed by atoms with E-state index < -0.39 is 0 Å². The van der Waals surface area contributed by atoms with Crippen LogP contribution in [0.2, 0.25) is 0 Å². The minimum atomic E-state index is -0.0278. The average Bonchev–Trinajstić information content (AvgIpc) is 2.32. The lowest BCUT2D eigenvalue weighted by Gasteiger charge is -2.07. The van der Waals surface area contributed by atoms with Crippen LogP contribution in [0.15, 0.2) is 57.5 Å². The molecule has 2 nitrogen and oxygen atoms in total. The van der Waals surface area contributed by atoms with E-state index in [4.69, 9.17) is 0 Å². The molecular formula is C14H11Br2NO. The smallest absolute Gasteiger partial charge is 0.228 e. The zero-order chi connectivity index (χ0) is 13.0. The summed E-state index contributed by atoms with van der Waals surface area (Å²) in [5.41, 5.74) is 1.77. The number of benzene rings is 2. The fraction of sp³-hybridized carbons (Fsp3) is 0.0714. The highest BCUT2D eigenvalue weighted by atomic mass is 79.9. The molecule has 0 saturated carbocycles. The van der Waals surface area contributed by atoms with E-state index in [1.165, 1.54) is 0 Å². The van der Waals surface area contributed by atoms with Crippen molar-refractivity contribution in [2.24, 2.45) is 0 Å². The van der Waals surface area contributed by atoms with Gasteiger partial charge in [-0.2, -0.15) is 0 Å². The lowest BCUT2D eigenvalue weighted by molar-refractivity contribution is -0.115. The second-order valence-corrected chi connectivity index (χ2v) is 5.60. The molecule has 0 aliphatic heterocycles. The Bertz CT molecular complexity index is 569. The summed E-state index contributed by atoms with van der Waals surface area (Å²) in [5, 5.41) is 2.87. The van der Waals surface area contributed by atoms with E-state index in [0.29, 0.717) is 6.42 Å². The van der Waals surface area contributed by atoms with E-state index in [1.54, 1.807) is 0 Å². The molecule has 0 heterocycles. The third kappa shape index (κ3) is 3.68. The molecule has 0 saturated heterocycles. The molecule has 2 aromatic rings. The number of halogens is 2. The van der Waals surface area contributed by atoms with Gasteiger partial charge in [-0.05, 0) is 29.8 Å². The van der Waals surface area contributed by atoms with Crippen molar-refractivity contribution in [3.05, 3.63) is 63.0 Å². The zero-order valence-electron chi connectivity index (χ0n) is 9.49. The Morgan fingerprint density at radius 1 is 1.06 bits per heavy atom. The molecule has 0 unspecified atom stereocenters. The van der Waals surface area contributed by atoms with Gasteiger partial charge in [0.1, 0.15) is 0 Å². The Labute approximate surface area is 123 Å². The van der Waals surface area contributed by atoms with Gasteiger partial charge in [0.25, 0.3) is 0 Å². The van der Waals surface area contributed by atoms with E-state index in [9.17, 15) is 4.79 Å². The minimum Gasteiger partial charge on any atom is -0.326 e. The molecule has 92 valence electrons. The molecule has 0 bridgehead atoms. The summed E-state index contributed by atoms with van der Waals surface area (Å²) < 4.78 is 1.90. The van der Waals surface area contributed by atoms with Crippen molar-refractivity contribution in [2.75, 3.05) is 5.32 Å². The summed E-state index contributed by atoms with van der Waals surface area (Å²) in [6.07, 6.45) is 0.355. The van der Waals surface area contributed by atoms with Crippen LogP contribution in [0.3, 0.4) is 0 Å². The van der Waals surface area contributed by atoms with Crippen molar-refractivity contribution in [3.8, 4) is 0 Å². The van der Waals surface area contributed by atoms with Crippen LogP contribution in [0, 0.1) is 0 Å². The summed E-state index contributed by atoms with van der Waals surface area (Å²) in [7, 11) is 0. The molecule has 0 radical (unpaired) electrons. The Hall–Kier alpha value is -1.13. The van der Waals surface area contributed by atoms with Crippen LogP contribution >= 0.6 is 31.9 Å². The van der Waals surface area contributed by atoms with Gasteiger partial charge in [0.15, 0.2) is 0 Å². The van der Waals surface area contributed by atoms with Crippen LogP contribution in [-0.2, 0) is 11.2 Å². The van der Waals surface area contributed by atoms with Crippen molar-refractivity contribution >= 4 is 43.5 Å². The van der Waals surface area contributed by atoms with Crippen molar-refractivity contribution < 1.29 is 4.79 Å². The number of rotatable bonds is 3. The number of hydrogen-bond acceptors (Lipinski definition) is 1. The quantitative estimate of drug-likeness (QED) is 0.854. The number of nitrogens with one attached hydrogen (secondary N) is 1. The van der Waals surface area contributed by atoms with Crippen LogP contribution in [-0.4, -0.2) is 5.91 Å². The summed E-state index contributed by atoms with van der Waals surface area (Å²) in [6.45, 7) is 0. The maximum absolute atomic E-state index is 11.9. The van der Waals surface area contributed by atoms with E-state index >= 15 is 0 Å². The predicted molar refractivity (Wildman–Crippen MR) is 80.6 cm³/mol. The summed E-state index contributed by atoms with van der Waals surface area (Å²) in [4.78, 5) is 11.9. The first-order chi connectivity index (χ1) is 8.65. The van der Waals surface area contributed by atoms with Crippen LogP contribution in [0.4, 0.5) is 5.69 Å². The minimum absolute atomic E-state index is 0.0278. The molecule has 18 heavy (non-hydrogen) atoms. The summed E-state index contributed by atoms with van der Waals surface area (Å²) in [5.74, 6) is -0.0278. The molecule has 0 spiro atoms. The number of carbonyl (C=O) groups excluding carboxylic acids is 1. The van der Waals surface area contributed by atoms with Gasteiger partial charge < -0.3 is 5.32 Å². The molecule has 2 rings (SSSR count). The highest BCUT2D eigenvalue weighted by Crippen LogP contribution is 2.18.